The number of carbonyl (C=O) groups excluding carboxylic acids is 1. The molecule has 2 aromatic carbocycles. The second kappa shape index (κ2) is 8.13. The summed E-state index contributed by atoms with van der Waals surface area (Å²) in [7, 11) is 1.56. The zero-order valence-corrected chi connectivity index (χ0v) is 15.7. The molecule has 1 heterocycles. The zero-order chi connectivity index (χ0) is 20.3. The number of aromatic nitrogens is 3. The molecule has 0 saturated carbocycles. The van der Waals surface area contributed by atoms with Gasteiger partial charge in [-0.05, 0) is 23.8 Å². The van der Waals surface area contributed by atoms with E-state index in [1.165, 1.54) is 23.1 Å². The third kappa shape index (κ3) is 4.15. The summed E-state index contributed by atoms with van der Waals surface area (Å²) in [6.45, 7) is 0.181. The second-order valence-electron chi connectivity index (χ2n) is 6.17. The van der Waals surface area contributed by atoms with Gasteiger partial charge < -0.3 is 4.90 Å². The fourth-order valence-corrected chi connectivity index (χ4v) is 2.88. The first kappa shape index (κ1) is 19.4. The van der Waals surface area contributed by atoms with E-state index in [0.717, 1.165) is 4.68 Å². The van der Waals surface area contributed by atoms with Gasteiger partial charge in [-0.3, -0.25) is 19.7 Å². The molecule has 9 nitrogen and oxygen atoms in total. The van der Waals surface area contributed by atoms with Crippen LogP contribution < -0.4 is 5.56 Å². The summed E-state index contributed by atoms with van der Waals surface area (Å²) < 4.78 is 1.15. The largest absolute Gasteiger partial charge is 0.341 e. The van der Waals surface area contributed by atoms with Crippen molar-refractivity contribution in [3.05, 3.63) is 73.5 Å². The average Bonchev–Trinajstić information content (AvgIpc) is 2.68. The van der Waals surface area contributed by atoms with Crippen molar-refractivity contribution in [3.8, 4) is 0 Å². The first-order valence-electron chi connectivity index (χ1n) is 8.36. The number of hydrogen-bond donors (Lipinski definition) is 0. The molecule has 0 radical (unpaired) electrons. The Morgan fingerprint density at radius 2 is 2.04 bits per heavy atom. The Balaban J connectivity index is 1.68. The highest BCUT2D eigenvalue weighted by Gasteiger charge is 2.15. The Labute approximate surface area is 164 Å². The molecule has 28 heavy (non-hydrogen) atoms. The van der Waals surface area contributed by atoms with Crippen LogP contribution in [0.4, 0.5) is 5.69 Å². The summed E-state index contributed by atoms with van der Waals surface area (Å²) in [5.41, 5.74) is 0.544. The van der Waals surface area contributed by atoms with E-state index in [9.17, 15) is 19.7 Å². The van der Waals surface area contributed by atoms with Crippen LogP contribution in [0.2, 0.25) is 5.02 Å². The number of nitro benzene ring substituents is 1. The number of hydrogen-bond acceptors (Lipinski definition) is 6. The number of halogens is 1. The Bertz CT molecular complexity index is 1110. The minimum atomic E-state index is -0.521. The number of aryl methyl sites for hydroxylation is 1. The van der Waals surface area contributed by atoms with Gasteiger partial charge in [-0.1, -0.05) is 28.9 Å². The molecule has 0 aliphatic carbocycles. The van der Waals surface area contributed by atoms with Gasteiger partial charge in [0.25, 0.3) is 11.2 Å². The van der Waals surface area contributed by atoms with Gasteiger partial charge in [0.15, 0.2) is 0 Å². The fourth-order valence-electron chi connectivity index (χ4n) is 2.70. The van der Waals surface area contributed by atoms with Gasteiger partial charge in [0.2, 0.25) is 5.91 Å². The molecule has 3 aromatic rings. The molecule has 0 N–H and O–H groups in total. The van der Waals surface area contributed by atoms with Crippen LogP contribution in [-0.4, -0.2) is 37.8 Å². The minimum Gasteiger partial charge on any atom is -0.341 e. The number of rotatable bonds is 6. The molecule has 0 aliphatic heterocycles. The number of carbonyl (C=O) groups is 1. The van der Waals surface area contributed by atoms with Crippen molar-refractivity contribution >= 4 is 34.1 Å². The van der Waals surface area contributed by atoms with Gasteiger partial charge in [0.1, 0.15) is 5.52 Å². The van der Waals surface area contributed by atoms with Crippen molar-refractivity contribution < 1.29 is 9.72 Å². The van der Waals surface area contributed by atoms with Crippen LogP contribution in [0.15, 0.2) is 47.3 Å². The number of amides is 1. The van der Waals surface area contributed by atoms with E-state index >= 15 is 0 Å². The lowest BCUT2D eigenvalue weighted by molar-refractivity contribution is -0.384. The number of nitro groups is 1. The Hall–Kier alpha value is -3.33. The van der Waals surface area contributed by atoms with Gasteiger partial charge >= 0.3 is 0 Å². The molecule has 0 fully saturated rings. The molecule has 1 amide bonds. The predicted molar refractivity (Wildman–Crippen MR) is 103 cm³/mol. The summed E-state index contributed by atoms with van der Waals surface area (Å²) in [4.78, 5) is 36.6. The Morgan fingerprint density at radius 3 is 2.79 bits per heavy atom. The standard InChI is InChI=1S/C18H16ClN5O4/c1-22(11-12-10-13(24(27)28)6-7-15(12)19)17(25)8-9-23-18(26)14-4-2-3-5-16(14)20-21-23/h2-7,10H,8-9,11H2,1H3. The molecule has 0 atom stereocenters. The maximum absolute atomic E-state index is 12.4. The van der Waals surface area contributed by atoms with Gasteiger partial charge in [-0.2, -0.15) is 0 Å². The molecule has 0 saturated heterocycles. The maximum Gasteiger partial charge on any atom is 0.277 e. The van der Waals surface area contributed by atoms with E-state index in [-0.39, 0.29) is 36.7 Å². The maximum atomic E-state index is 12.4. The van der Waals surface area contributed by atoms with Gasteiger partial charge in [-0.25, -0.2) is 4.68 Å². The van der Waals surface area contributed by atoms with Crippen molar-refractivity contribution in [2.75, 3.05) is 7.05 Å². The number of nitrogens with zero attached hydrogens (tertiary/aromatic N) is 5. The highest BCUT2D eigenvalue weighted by Crippen LogP contribution is 2.23. The summed E-state index contributed by atoms with van der Waals surface area (Å²) in [6.07, 6.45) is 0.0238. The highest BCUT2D eigenvalue weighted by atomic mass is 35.5. The Morgan fingerprint density at radius 1 is 1.29 bits per heavy atom. The van der Waals surface area contributed by atoms with Crippen molar-refractivity contribution in [1.29, 1.82) is 0 Å². The van der Waals surface area contributed by atoms with Crippen molar-refractivity contribution in [2.24, 2.45) is 0 Å². The van der Waals surface area contributed by atoms with Gasteiger partial charge in [0.05, 0.1) is 16.9 Å². The van der Waals surface area contributed by atoms with E-state index < -0.39 is 4.92 Å². The molecule has 0 unspecified atom stereocenters. The van der Waals surface area contributed by atoms with E-state index in [1.807, 2.05) is 0 Å². The minimum absolute atomic E-state index is 0.0238. The predicted octanol–water partition coefficient (Wildman–Crippen LogP) is 2.40. The van der Waals surface area contributed by atoms with Crippen molar-refractivity contribution in [2.45, 2.75) is 19.5 Å². The lowest BCUT2D eigenvalue weighted by atomic mass is 10.2. The van der Waals surface area contributed by atoms with Crippen LogP contribution in [0.3, 0.4) is 0 Å². The van der Waals surface area contributed by atoms with Crippen LogP contribution in [0.1, 0.15) is 12.0 Å². The molecule has 0 spiro atoms. The van der Waals surface area contributed by atoms with Crippen LogP contribution in [0.25, 0.3) is 10.9 Å². The van der Waals surface area contributed by atoms with Gasteiger partial charge in [-0.15, -0.1) is 5.10 Å². The molecule has 0 aliphatic rings. The molecule has 3 rings (SSSR count). The molecule has 10 heteroatoms. The fraction of sp³-hybridized carbons (Fsp3) is 0.222. The van der Waals surface area contributed by atoms with E-state index in [0.29, 0.717) is 21.5 Å². The summed E-state index contributed by atoms with van der Waals surface area (Å²) in [5, 5.41) is 19.5. The number of fused-ring (bicyclic) bond motifs is 1. The third-order valence-corrected chi connectivity index (χ3v) is 4.61. The summed E-state index contributed by atoms with van der Waals surface area (Å²) in [5.74, 6) is -0.260. The summed E-state index contributed by atoms with van der Waals surface area (Å²) in [6, 6.07) is 10.9. The number of non-ortho nitro benzene ring substituents is 1. The SMILES string of the molecule is CN(Cc1cc([N+](=O)[O-])ccc1Cl)C(=O)CCn1nnc2ccccc2c1=O. The first-order chi connectivity index (χ1) is 13.4. The highest BCUT2D eigenvalue weighted by molar-refractivity contribution is 6.31. The van der Waals surface area contributed by atoms with E-state index in [2.05, 4.69) is 10.3 Å². The normalized spacial score (nSPS) is 10.8. The lowest BCUT2D eigenvalue weighted by Gasteiger charge is -2.18. The quantitative estimate of drug-likeness (QED) is 0.463. The topological polar surface area (TPSA) is 111 Å². The van der Waals surface area contributed by atoms with E-state index in [4.69, 9.17) is 11.6 Å². The average molecular weight is 402 g/mol. The van der Waals surface area contributed by atoms with E-state index in [1.54, 1.807) is 31.3 Å². The van der Waals surface area contributed by atoms with Gasteiger partial charge in [0, 0.05) is 37.2 Å². The third-order valence-electron chi connectivity index (χ3n) is 4.24. The number of benzene rings is 2. The van der Waals surface area contributed by atoms with Crippen LogP contribution >= 0.6 is 11.6 Å². The molecule has 0 bridgehead atoms. The molecule has 144 valence electrons. The first-order valence-corrected chi connectivity index (χ1v) is 8.74. The van der Waals surface area contributed by atoms with Crippen molar-refractivity contribution in [3.63, 3.8) is 0 Å². The van der Waals surface area contributed by atoms with Crippen LogP contribution in [0, 0.1) is 10.1 Å². The lowest BCUT2D eigenvalue weighted by Crippen LogP contribution is -2.30. The second-order valence-corrected chi connectivity index (χ2v) is 6.57. The van der Waals surface area contributed by atoms with Crippen molar-refractivity contribution in [1.82, 2.24) is 19.9 Å². The molecular formula is C18H16ClN5O4. The van der Waals surface area contributed by atoms with Crippen LogP contribution in [0.5, 0.6) is 0 Å². The zero-order valence-electron chi connectivity index (χ0n) is 14.9. The van der Waals surface area contributed by atoms with Crippen LogP contribution in [-0.2, 0) is 17.9 Å². The monoisotopic (exact) mass is 401 g/mol. The smallest absolute Gasteiger partial charge is 0.277 e. The Kier molecular flexibility index (Phi) is 5.65. The molecular weight excluding hydrogens is 386 g/mol. The molecule has 1 aromatic heterocycles. The summed E-state index contributed by atoms with van der Waals surface area (Å²) >= 11 is 6.07.